The third kappa shape index (κ3) is 4.86. The normalized spacial score (nSPS) is 18.6. The van der Waals surface area contributed by atoms with Crippen molar-refractivity contribution < 1.29 is 9.53 Å². The molecule has 2 fully saturated rings. The first kappa shape index (κ1) is 20.9. The van der Waals surface area contributed by atoms with Gasteiger partial charge in [-0.1, -0.05) is 31.0 Å². The number of likely N-dealkylation sites (tertiary alicyclic amines) is 1. The van der Waals surface area contributed by atoms with Crippen LogP contribution in [0.3, 0.4) is 0 Å². The van der Waals surface area contributed by atoms with E-state index in [-0.39, 0.29) is 5.91 Å². The van der Waals surface area contributed by atoms with Gasteiger partial charge in [0, 0.05) is 31.4 Å². The molecule has 1 aromatic heterocycles. The van der Waals surface area contributed by atoms with Crippen molar-refractivity contribution in [3.8, 4) is 5.75 Å². The van der Waals surface area contributed by atoms with Crippen molar-refractivity contribution in [2.75, 3.05) is 20.2 Å². The maximum Gasteiger partial charge on any atom is 0.255 e. The second-order valence-corrected chi connectivity index (χ2v) is 8.78. The zero-order valence-electron chi connectivity index (χ0n) is 18.3. The number of nitrogens with zero attached hydrogens (tertiary/aromatic N) is 3. The number of amides is 1. The highest BCUT2D eigenvalue weighted by molar-refractivity contribution is 5.95. The minimum absolute atomic E-state index is 0.0626. The van der Waals surface area contributed by atoms with Crippen LogP contribution in [0.2, 0.25) is 0 Å². The Kier molecular flexibility index (Phi) is 6.72. The van der Waals surface area contributed by atoms with Crippen LogP contribution in [-0.2, 0) is 20.0 Å². The average molecular weight is 411 g/mol. The number of nitrogens with one attached hydrogen (secondary N) is 1. The standard InChI is InChI=1S/C24H34N4O2/c1-27-17-21(24(29)25-16-19-7-3-6-10-23(19)30-2)22(26-27)15-18-11-13-28(14-12-18)20-8-4-5-9-20/h3,6-7,10,17-18,20H,4-5,8-9,11-16H2,1-2H3,(H,25,29). The van der Waals surface area contributed by atoms with E-state index in [9.17, 15) is 4.79 Å². The highest BCUT2D eigenvalue weighted by Gasteiger charge is 2.28. The summed E-state index contributed by atoms with van der Waals surface area (Å²) in [7, 11) is 3.54. The van der Waals surface area contributed by atoms with Gasteiger partial charge >= 0.3 is 0 Å². The largest absolute Gasteiger partial charge is 0.496 e. The number of hydrogen-bond acceptors (Lipinski definition) is 4. The SMILES string of the molecule is COc1ccccc1CNC(=O)c1cn(C)nc1CC1CCN(C2CCCC2)CC1. The van der Waals surface area contributed by atoms with Crippen LogP contribution in [0, 0.1) is 5.92 Å². The molecule has 1 N–H and O–H groups in total. The summed E-state index contributed by atoms with van der Waals surface area (Å²) in [6.07, 6.45) is 10.7. The molecule has 1 amide bonds. The van der Waals surface area contributed by atoms with Crippen LogP contribution in [0.1, 0.15) is 60.1 Å². The summed E-state index contributed by atoms with van der Waals surface area (Å²) in [6, 6.07) is 8.59. The third-order valence-electron chi connectivity index (χ3n) is 6.75. The molecule has 162 valence electrons. The molecule has 0 spiro atoms. The number of ether oxygens (including phenoxy) is 1. The maximum atomic E-state index is 12.9. The molecule has 0 unspecified atom stereocenters. The molecule has 1 aromatic carbocycles. The first-order valence-electron chi connectivity index (χ1n) is 11.3. The van der Waals surface area contributed by atoms with Crippen LogP contribution in [0.15, 0.2) is 30.5 Å². The van der Waals surface area contributed by atoms with Crippen molar-refractivity contribution in [2.24, 2.45) is 13.0 Å². The number of aromatic nitrogens is 2. The van der Waals surface area contributed by atoms with Crippen LogP contribution in [0.4, 0.5) is 0 Å². The fraction of sp³-hybridized carbons (Fsp3) is 0.583. The predicted molar refractivity (Wildman–Crippen MR) is 118 cm³/mol. The molecule has 2 aromatic rings. The number of rotatable bonds is 7. The van der Waals surface area contributed by atoms with Crippen LogP contribution in [0.25, 0.3) is 0 Å². The van der Waals surface area contributed by atoms with E-state index in [0.29, 0.717) is 18.0 Å². The number of carbonyl (C=O) groups excluding carboxylic acids is 1. The molecule has 6 nitrogen and oxygen atoms in total. The summed E-state index contributed by atoms with van der Waals surface area (Å²) in [5.41, 5.74) is 2.60. The zero-order chi connectivity index (χ0) is 20.9. The predicted octanol–water partition coefficient (Wildman–Crippen LogP) is 3.56. The van der Waals surface area contributed by atoms with E-state index in [0.717, 1.165) is 29.5 Å². The Morgan fingerprint density at radius 2 is 1.90 bits per heavy atom. The fourth-order valence-electron chi connectivity index (χ4n) is 5.06. The van der Waals surface area contributed by atoms with E-state index in [1.165, 1.54) is 51.6 Å². The first-order valence-corrected chi connectivity index (χ1v) is 11.3. The number of aryl methyl sites for hydroxylation is 1. The molecule has 2 heterocycles. The summed E-state index contributed by atoms with van der Waals surface area (Å²) in [6.45, 7) is 2.83. The molecule has 1 aliphatic carbocycles. The van der Waals surface area contributed by atoms with Crippen molar-refractivity contribution in [1.29, 1.82) is 0 Å². The van der Waals surface area contributed by atoms with Crippen LogP contribution >= 0.6 is 0 Å². The van der Waals surface area contributed by atoms with Gasteiger partial charge in [0.15, 0.2) is 0 Å². The van der Waals surface area contributed by atoms with Crippen molar-refractivity contribution in [2.45, 2.75) is 57.5 Å². The Bertz CT molecular complexity index is 849. The molecule has 4 rings (SSSR count). The van der Waals surface area contributed by atoms with Crippen LogP contribution in [0.5, 0.6) is 5.75 Å². The van der Waals surface area contributed by atoms with Gasteiger partial charge in [-0.25, -0.2) is 0 Å². The van der Waals surface area contributed by atoms with Gasteiger partial charge in [0.2, 0.25) is 0 Å². The van der Waals surface area contributed by atoms with E-state index in [2.05, 4.69) is 15.3 Å². The highest BCUT2D eigenvalue weighted by Crippen LogP contribution is 2.29. The van der Waals surface area contributed by atoms with Crippen molar-refractivity contribution in [3.63, 3.8) is 0 Å². The van der Waals surface area contributed by atoms with Gasteiger partial charge in [0.1, 0.15) is 5.75 Å². The fourth-order valence-corrected chi connectivity index (χ4v) is 5.06. The second kappa shape index (κ2) is 9.65. The molecule has 0 radical (unpaired) electrons. The number of methoxy groups -OCH3 is 1. The third-order valence-corrected chi connectivity index (χ3v) is 6.75. The number of para-hydroxylation sites is 1. The van der Waals surface area contributed by atoms with Gasteiger partial charge in [0.25, 0.3) is 5.91 Å². The Labute approximate surface area is 179 Å². The summed E-state index contributed by atoms with van der Waals surface area (Å²) < 4.78 is 7.15. The molecule has 6 heteroatoms. The molecule has 2 aliphatic rings. The van der Waals surface area contributed by atoms with E-state index in [1.54, 1.807) is 11.8 Å². The van der Waals surface area contributed by atoms with Crippen molar-refractivity contribution >= 4 is 5.91 Å². The number of piperidine rings is 1. The summed E-state index contributed by atoms with van der Waals surface area (Å²) in [5.74, 6) is 1.34. The van der Waals surface area contributed by atoms with Gasteiger partial charge in [-0.05, 0) is 57.2 Å². The quantitative estimate of drug-likeness (QED) is 0.758. The lowest BCUT2D eigenvalue weighted by atomic mass is 9.90. The average Bonchev–Trinajstić information content (AvgIpc) is 3.43. The number of benzene rings is 1. The minimum atomic E-state index is -0.0626. The van der Waals surface area contributed by atoms with E-state index in [1.807, 2.05) is 37.5 Å². The maximum absolute atomic E-state index is 12.9. The summed E-state index contributed by atoms with van der Waals surface area (Å²) >= 11 is 0. The summed E-state index contributed by atoms with van der Waals surface area (Å²) in [4.78, 5) is 15.6. The lowest BCUT2D eigenvalue weighted by Crippen LogP contribution is -2.40. The highest BCUT2D eigenvalue weighted by atomic mass is 16.5. The molecule has 1 saturated carbocycles. The summed E-state index contributed by atoms with van der Waals surface area (Å²) in [5, 5.41) is 7.67. The van der Waals surface area contributed by atoms with Gasteiger partial charge in [0.05, 0.1) is 18.4 Å². The van der Waals surface area contributed by atoms with Crippen LogP contribution in [-0.4, -0.2) is 46.8 Å². The van der Waals surface area contributed by atoms with E-state index < -0.39 is 0 Å². The van der Waals surface area contributed by atoms with Gasteiger partial charge in [-0.2, -0.15) is 5.10 Å². The lowest BCUT2D eigenvalue weighted by Gasteiger charge is -2.35. The smallest absolute Gasteiger partial charge is 0.255 e. The molecule has 1 saturated heterocycles. The van der Waals surface area contributed by atoms with Gasteiger partial charge < -0.3 is 15.0 Å². The topological polar surface area (TPSA) is 59.4 Å². The Balaban J connectivity index is 1.35. The van der Waals surface area contributed by atoms with Gasteiger partial charge in [-0.3, -0.25) is 9.48 Å². The van der Waals surface area contributed by atoms with Gasteiger partial charge in [-0.15, -0.1) is 0 Å². The van der Waals surface area contributed by atoms with Crippen molar-refractivity contribution in [3.05, 3.63) is 47.3 Å². The second-order valence-electron chi connectivity index (χ2n) is 8.78. The minimum Gasteiger partial charge on any atom is -0.496 e. The monoisotopic (exact) mass is 410 g/mol. The van der Waals surface area contributed by atoms with E-state index >= 15 is 0 Å². The van der Waals surface area contributed by atoms with Crippen LogP contribution < -0.4 is 10.1 Å². The molecule has 30 heavy (non-hydrogen) atoms. The molecule has 0 bridgehead atoms. The van der Waals surface area contributed by atoms with Crippen molar-refractivity contribution in [1.82, 2.24) is 20.0 Å². The molecule has 1 aliphatic heterocycles. The first-order chi connectivity index (χ1) is 14.6. The number of hydrogen-bond donors (Lipinski definition) is 1. The lowest BCUT2D eigenvalue weighted by molar-refractivity contribution is 0.0948. The molecular formula is C24H34N4O2. The van der Waals surface area contributed by atoms with E-state index in [4.69, 9.17) is 4.74 Å². The Morgan fingerprint density at radius 1 is 1.17 bits per heavy atom. The molecular weight excluding hydrogens is 376 g/mol. The Morgan fingerprint density at radius 3 is 2.63 bits per heavy atom. The molecule has 0 atom stereocenters. The Hall–Kier alpha value is -2.34. The zero-order valence-corrected chi connectivity index (χ0v) is 18.3. The number of carbonyl (C=O) groups is 1.